The SMILES string of the molecule is CCNC(=NCc1ccccn1)NCCN1CCN(C(=O)C2CCC2)CC1. The highest BCUT2D eigenvalue weighted by Gasteiger charge is 2.30. The number of nitrogens with one attached hydrogen (secondary N) is 2. The maximum absolute atomic E-state index is 12.3. The minimum Gasteiger partial charge on any atom is -0.357 e. The number of nitrogens with zero attached hydrogens (tertiary/aromatic N) is 4. The summed E-state index contributed by atoms with van der Waals surface area (Å²) in [6, 6.07) is 5.88. The second-order valence-corrected chi connectivity index (χ2v) is 7.24. The molecule has 1 aliphatic heterocycles. The van der Waals surface area contributed by atoms with Gasteiger partial charge in [-0.1, -0.05) is 12.5 Å². The van der Waals surface area contributed by atoms with Crippen molar-refractivity contribution in [2.24, 2.45) is 10.9 Å². The summed E-state index contributed by atoms with van der Waals surface area (Å²) in [4.78, 5) is 25.7. The first-order valence-electron chi connectivity index (χ1n) is 10.2. The molecule has 7 heteroatoms. The number of carbonyl (C=O) groups is 1. The van der Waals surface area contributed by atoms with Crippen molar-refractivity contribution in [2.75, 3.05) is 45.8 Å². The van der Waals surface area contributed by atoms with Crippen LogP contribution in [-0.4, -0.2) is 72.5 Å². The molecule has 0 bridgehead atoms. The zero-order chi connectivity index (χ0) is 18.9. The molecule has 7 nitrogen and oxygen atoms in total. The van der Waals surface area contributed by atoms with Crippen molar-refractivity contribution < 1.29 is 4.79 Å². The topological polar surface area (TPSA) is 72.9 Å². The molecule has 0 radical (unpaired) electrons. The molecule has 148 valence electrons. The summed E-state index contributed by atoms with van der Waals surface area (Å²) in [6.07, 6.45) is 5.20. The van der Waals surface area contributed by atoms with Crippen LogP contribution in [0.4, 0.5) is 0 Å². The van der Waals surface area contributed by atoms with Gasteiger partial charge in [0, 0.05) is 57.9 Å². The van der Waals surface area contributed by atoms with Gasteiger partial charge in [0.15, 0.2) is 5.96 Å². The predicted molar refractivity (Wildman–Crippen MR) is 107 cm³/mol. The summed E-state index contributed by atoms with van der Waals surface area (Å²) < 4.78 is 0. The van der Waals surface area contributed by atoms with Gasteiger partial charge in [-0.15, -0.1) is 0 Å². The number of aromatic nitrogens is 1. The molecule has 1 aromatic heterocycles. The number of hydrogen-bond acceptors (Lipinski definition) is 4. The Hall–Kier alpha value is -2.15. The van der Waals surface area contributed by atoms with Crippen LogP contribution < -0.4 is 10.6 Å². The van der Waals surface area contributed by atoms with Gasteiger partial charge in [0.05, 0.1) is 12.2 Å². The van der Waals surface area contributed by atoms with Crippen molar-refractivity contribution >= 4 is 11.9 Å². The molecule has 0 atom stereocenters. The van der Waals surface area contributed by atoms with Crippen molar-refractivity contribution in [2.45, 2.75) is 32.7 Å². The van der Waals surface area contributed by atoms with E-state index < -0.39 is 0 Å². The highest BCUT2D eigenvalue weighted by atomic mass is 16.2. The first-order chi connectivity index (χ1) is 13.3. The second kappa shape index (κ2) is 10.3. The first kappa shape index (κ1) is 19.6. The molecule has 3 rings (SSSR count). The van der Waals surface area contributed by atoms with E-state index in [2.05, 4.69) is 37.3 Å². The summed E-state index contributed by atoms with van der Waals surface area (Å²) in [7, 11) is 0. The summed E-state index contributed by atoms with van der Waals surface area (Å²) in [5, 5.41) is 6.68. The van der Waals surface area contributed by atoms with Crippen LogP contribution in [-0.2, 0) is 11.3 Å². The smallest absolute Gasteiger partial charge is 0.225 e. The molecular formula is C20H32N6O. The Labute approximate surface area is 162 Å². The summed E-state index contributed by atoms with van der Waals surface area (Å²) in [6.45, 7) is 8.91. The fourth-order valence-electron chi connectivity index (χ4n) is 3.43. The van der Waals surface area contributed by atoms with Gasteiger partial charge in [0.1, 0.15) is 0 Å². The van der Waals surface area contributed by atoms with Crippen LogP contribution in [0.5, 0.6) is 0 Å². The molecule has 1 amide bonds. The maximum Gasteiger partial charge on any atom is 0.225 e. The molecule has 1 aromatic rings. The Balaban J connectivity index is 1.37. The van der Waals surface area contributed by atoms with Gasteiger partial charge in [-0.25, -0.2) is 4.99 Å². The Bertz CT molecular complexity index is 608. The largest absolute Gasteiger partial charge is 0.357 e. The highest BCUT2D eigenvalue weighted by Crippen LogP contribution is 2.28. The van der Waals surface area contributed by atoms with E-state index in [0.717, 1.165) is 70.3 Å². The van der Waals surface area contributed by atoms with Gasteiger partial charge in [-0.3, -0.25) is 14.7 Å². The second-order valence-electron chi connectivity index (χ2n) is 7.24. The van der Waals surface area contributed by atoms with E-state index in [4.69, 9.17) is 0 Å². The van der Waals surface area contributed by atoms with Crippen LogP contribution in [0.25, 0.3) is 0 Å². The van der Waals surface area contributed by atoms with Crippen molar-refractivity contribution in [3.8, 4) is 0 Å². The third-order valence-electron chi connectivity index (χ3n) is 5.33. The molecule has 2 aliphatic rings. The van der Waals surface area contributed by atoms with E-state index in [1.807, 2.05) is 18.2 Å². The standard InChI is InChI=1S/C20H32N6O/c1-2-21-20(24-16-18-8-3-4-9-22-18)23-10-11-25-12-14-26(15-13-25)19(27)17-6-5-7-17/h3-4,8-9,17H,2,5-7,10-16H2,1H3,(H2,21,23,24). The molecule has 2 N–H and O–H groups in total. The van der Waals surface area contributed by atoms with Gasteiger partial charge in [0.2, 0.25) is 5.91 Å². The lowest BCUT2D eigenvalue weighted by Gasteiger charge is -2.38. The zero-order valence-electron chi connectivity index (χ0n) is 16.4. The quantitative estimate of drug-likeness (QED) is 0.554. The molecule has 2 fully saturated rings. The molecule has 0 aromatic carbocycles. The number of hydrogen-bond donors (Lipinski definition) is 2. The van der Waals surface area contributed by atoms with Gasteiger partial charge in [0.25, 0.3) is 0 Å². The number of aliphatic imine (C=N–C) groups is 1. The summed E-state index contributed by atoms with van der Waals surface area (Å²) >= 11 is 0. The van der Waals surface area contributed by atoms with Crippen LogP contribution in [0.3, 0.4) is 0 Å². The minimum atomic E-state index is 0.316. The van der Waals surface area contributed by atoms with Crippen LogP contribution in [0, 0.1) is 5.92 Å². The lowest BCUT2D eigenvalue weighted by atomic mass is 9.84. The van der Waals surface area contributed by atoms with Gasteiger partial charge < -0.3 is 15.5 Å². The average Bonchev–Trinajstić information content (AvgIpc) is 2.66. The third kappa shape index (κ3) is 5.92. The van der Waals surface area contributed by atoms with Crippen molar-refractivity contribution in [3.63, 3.8) is 0 Å². The summed E-state index contributed by atoms with van der Waals surface area (Å²) in [5.41, 5.74) is 0.960. The number of rotatable bonds is 7. The van der Waals surface area contributed by atoms with Crippen LogP contribution in [0.2, 0.25) is 0 Å². The Morgan fingerprint density at radius 2 is 2.04 bits per heavy atom. The normalized spacial score (nSPS) is 18.9. The number of carbonyl (C=O) groups excluding carboxylic acids is 1. The van der Waals surface area contributed by atoms with E-state index >= 15 is 0 Å². The van der Waals surface area contributed by atoms with E-state index in [1.165, 1.54) is 6.42 Å². The van der Waals surface area contributed by atoms with Gasteiger partial charge >= 0.3 is 0 Å². The Kier molecular flexibility index (Phi) is 7.45. The van der Waals surface area contributed by atoms with Gasteiger partial charge in [-0.2, -0.15) is 0 Å². The number of pyridine rings is 1. The number of piperazine rings is 1. The monoisotopic (exact) mass is 372 g/mol. The van der Waals surface area contributed by atoms with Crippen LogP contribution in [0.15, 0.2) is 29.4 Å². The fourth-order valence-corrected chi connectivity index (χ4v) is 3.43. The number of guanidine groups is 1. The predicted octanol–water partition coefficient (Wildman–Crippen LogP) is 1.08. The lowest BCUT2D eigenvalue weighted by molar-refractivity contribution is -0.139. The fraction of sp³-hybridized carbons (Fsp3) is 0.650. The molecule has 1 saturated heterocycles. The average molecular weight is 373 g/mol. The Morgan fingerprint density at radius 1 is 1.22 bits per heavy atom. The van der Waals surface area contributed by atoms with E-state index in [0.29, 0.717) is 18.4 Å². The molecule has 0 unspecified atom stereocenters. The van der Waals surface area contributed by atoms with E-state index in [1.54, 1.807) is 6.20 Å². The molecule has 2 heterocycles. The first-order valence-corrected chi connectivity index (χ1v) is 10.2. The third-order valence-corrected chi connectivity index (χ3v) is 5.33. The van der Waals surface area contributed by atoms with Crippen LogP contribution in [0.1, 0.15) is 31.9 Å². The van der Waals surface area contributed by atoms with Crippen molar-refractivity contribution in [3.05, 3.63) is 30.1 Å². The van der Waals surface area contributed by atoms with E-state index in [-0.39, 0.29) is 0 Å². The van der Waals surface area contributed by atoms with Crippen LogP contribution >= 0.6 is 0 Å². The molecule has 1 aliphatic carbocycles. The highest BCUT2D eigenvalue weighted by molar-refractivity contribution is 5.80. The lowest BCUT2D eigenvalue weighted by Crippen LogP contribution is -2.52. The van der Waals surface area contributed by atoms with Gasteiger partial charge in [-0.05, 0) is 31.9 Å². The molecule has 27 heavy (non-hydrogen) atoms. The minimum absolute atomic E-state index is 0.316. The molecular weight excluding hydrogens is 340 g/mol. The molecule has 1 saturated carbocycles. The van der Waals surface area contributed by atoms with Crippen molar-refractivity contribution in [1.82, 2.24) is 25.4 Å². The summed E-state index contributed by atoms with van der Waals surface area (Å²) in [5.74, 6) is 1.52. The zero-order valence-corrected chi connectivity index (χ0v) is 16.4. The maximum atomic E-state index is 12.3. The number of amides is 1. The Morgan fingerprint density at radius 3 is 2.67 bits per heavy atom. The van der Waals surface area contributed by atoms with Crippen molar-refractivity contribution in [1.29, 1.82) is 0 Å². The van der Waals surface area contributed by atoms with E-state index in [9.17, 15) is 4.79 Å². The molecule has 0 spiro atoms.